The van der Waals surface area contributed by atoms with Crippen molar-refractivity contribution in [1.82, 2.24) is 20.0 Å². The third kappa shape index (κ3) is 4.15. The van der Waals surface area contributed by atoms with Gasteiger partial charge in [-0.05, 0) is 36.4 Å². The number of rotatable bonds is 6. The van der Waals surface area contributed by atoms with Crippen LogP contribution in [0.3, 0.4) is 0 Å². The van der Waals surface area contributed by atoms with E-state index in [0.717, 1.165) is 12.1 Å². The Morgan fingerprint density at radius 2 is 2.00 bits per heavy atom. The number of nitrogens with two attached hydrogens (primary N) is 1. The molecule has 0 spiro atoms. The normalized spacial score (nSPS) is 11.9. The first-order valence-electron chi connectivity index (χ1n) is 9.10. The van der Waals surface area contributed by atoms with E-state index in [9.17, 15) is 18.0 Å². The number of benzene rings is 2. The highest BCUT2D eigenvalue weighted by atomic mass is 19.4. The molecule has 162 valence electrons. The van der Waals surface area contributed by atoms with Crippen LogP contribution in [0.2, 0.25) is 0 Å². The van der Waals surface area contributed by atoms with E-state index in [2.05, 4.69) is 20.8 Å². The third-order valence-corrected chi connectivity index (χ3v) is 4.46. The number of imidazole rings is 1. The van der Waals surface area contributed by atoms with Crippen molar-refractivity contribution in [2.45, 2.75) is 6.18 Å². The zero-order valence-electron chi connectivity index (χ0n) is 16.2. The number of aromatic nitrogens is 3. The molecule has 0 atom stereocenters. The summed E-state index contributed by atoms with van der Waals surface area (Å²) >= 11 is 0. The van der Waals surface area contributed by atoms with Gasteiger partial charge in [0.15, 0.2) is 5.58 Å². The Hall–Kier alpha value is -3.64. The number of amides is 1. The molecule has 12 heteroatoms. The van der Waals surface area contributed by atoms with Gasteiger partial charge >= 0.3 is 12.2 Å². The number of oxazole rings is 1. The van der Waals surface area contributed by atoms with Gasteiger partial charge in [-0.2, -0.15) is 18.2 Å². The number of anilines is 2. The van der Waals surface area contributed by atoms with Gasteiger partial charge in [0.1, 0.15) is 5.52 Å². The molecule has 0 unspecified atom stereocenters. The molecule has 0 aliphatic heterocycles. The van der Waals surface area contributed by atoms with Crippen molar-refractivity contribution in [2.75, 3.05) is 18.5 Å². The number of hydrogen-bond acceptors (Lipinski definition) is 7. The van der Waals surface area contributed by atoms with Crippen molar-refractivity contribution in [2.24, 2.45) is 12.8 Å². The molecular weight excluding hydrogens is 417 g/mol. The first-order chi connectivity index (χ1) is 14.8. The summed E-state index contributed by atoms with van der Waals surface area (Å²) < 4.78 is 45.8. The summed E-state index contributed by atoms with van der Waals surface area (Å²) in [6.45, 7) is 0.447. The van der Waals surface area contributed by atoms with Crippen LogP contribution in [0.25, 0.3) is 22.1 Å². The molecule has 0 fully saturated rings. The van der Waals surface area contributed by atoms with E-state index < -0.39 is 17.6 Å². The summed E-state index contributed by atoms with van der Waals surface area (Å²) in [5, 5.41) is 2.85. The highest BCUT2D eigenvalue weighted by Gasteiger charge is 2.31. The van der Waals surface area contributed by atoms with Crippen molar-refractivity contribution >= 4 is 40.0 Å². The van der Waals surface area contributed by atoms with Gasteiger partial charge in [0.25, 0.3) is 5.91 Å². The van der Waals surface area contributed by atoms with Crippen LogP contribution in [0.5, 0.6) is 0 Å². The maximum atomic E-state index is 12.9. The molecule has 0 aliphatic rings. The largest absolute Gasteiger partial charge is 0.423 e. The maximum Gasteiger partial charge on any atom is 0.416 e. The maximum absolute atomic E-state index is 12.9. The fourth-order valence-electron chi connectivity index (χ4n) is 2.94. The standard InChI is InChI=1S/C19H17F3N6O3/c1-28-14-5-2-10(16(29)27-30-7-6-23)8-13(14)24-17(28)26-18-25-12-4-3-11(19(20,21)22)9-15(12)31-18/h2-5,8-9H,6-7,23H2,1H3,(H,27,29)(H,24,25,26). The van der Waals surface area contributed by atoms with Crippen molar-refractivity contribution in [3.8, 4) is 0 Å². The Morgan fingerprint density at radius 3 is 2.74 bits per heavy atom. The first-order valence-corrected chi connectivity index (χ1v) is 9.10. The molecule has 0 saturated carbocycles. The average Bonchev–Trinajstić information content (AvgIpc) is 3.27. The zero-order valence-corrected chi connectivity index (χ0v) is 16.2. The minimum atomic E-state index is -4.48. The van der Waals surface area contributed by atoms with Crippen LogP contribution in [0.1, 0.15) is 15.9 Å². The van der Waals surface area contributed by atoms with Gasteiger partial charge in [-0.15, -0.1) is 0 Å². The number of alkyl halides is 3. The minimum absolute atomic E-state index is 0.00692. The number of halogens is 3. The lowest BCUT2D eigenvalue weighted by Crippen LogP contribution is -2.26. The van der Waals surface area contributed by atoms with Crippen LogP contribution < -0.4 is 16.5 Å². The van der Waals surface area contributed by atoms with Crippen molar-refractivity contribution in [3.05, 3.63) is 47.5 Å². The van der Waals surface area contributed by atoms with Gasteiger partial charge in [-0.3, -0.25) is 14.9 Å². The van der Waals surface area contributed by atoms with E-state index in [1.807, 2.05) is 0 Å². The Kier molecular flexibility index (Phi) is 5.25. The van der Waals surface area contributed by atoms with E-state index in [-0.39, 0.29) is 30.3 Å². The molecule has 4 N–H and O–H groups in total. The second-order valence-electron chi connectivity index (χ2n) is 6.59. The highest BCUT2D eigenvalue weighted by molar-refractivity contribution is 5.97. The minimum Gasteiger partial charge on any atom is -0.423 e. The van der Waals surface area contributed by atoms with Crippen LogP contribution in [-0.2, 0) is 18.1 Å². The molecule has 4 aromatic rings. The van der Waals surface area contributed by atoms with Crippen molar-refractivity contribution in [3.63, 3.8) is 0 Å². The lowest BCUT2D eigenvalue weighted by Gasteiger charge is -2.05. The molecule has 1 amide bonds. The first kappa shape index (κ1) is 20.6. The van der Waals surface area contributed by atoms with Gasteiger partial charge in [0, 0.05) is 19.2 Å². The summed E-state index contributed by atoms with van der Waals surface area (Å²) in [5.41, 5.74) is 8.56. The predicted molar refractivity (Wildman–Crippen MR) is 105 cm³/mol. The van der Waals surface area contributed by atoms with Gasteiger partial charge in [-0.25, -0.2) is 10.5 Å². The summed E-state index contributed by atoms with van der Waals surface area (Å²) in [7, 11) is 1.73. The average molecular weight is 434 g/mol. The number of carbonyl (C=O) groups is 1. The van der Waals surface area contributed by atoms with Crippen LogP contribution in [0, 0.1) is 0 Å². The molecule has 0 saturated heterocycles. The molecule has 9 nitrogen and oxygen atoms in total. The molecule has 31 heavy (non-hydrogen) atoms. The fourth-order valence-corrected chi connectivity index (χ4v) is 2.94. The van der Waals surface area contributed by atoms with Crippen LogP contribution in [-0.4, -0.2) is 33.6 Å². The number of carbonyl (C=O) groups excluding carboxylic acids is 1. The van der Waals surface area contributed by atoms with Gasteiger partial charge < -0.3 is 14.7 Å². The number of nitrogens with zero attached hydrogens (tertiary/aromatic N) is 3. The summed E-state index contributed by atoms with van der Waals surface area (Å²) in [6.07, 6.45) is -4.48. The summed E-state index contributed by atoms with van der Waals surface area (Å²) in [4.78, 5) is 25.6. The summed E-state index contributed by atoms with van der Waals surface area (Å²) in [6, 6.07) is 7.93. The van der Waals surface area contributed by atoms with Gasteiger partial charge in [0.2, 0.25) is 5.95 Å². The topological polar surface area (TPSA) is 120 Å². The highest BCUT2D eigenvalue weighted by Crippen LogP contribution is 2.32. The van der Waals surface area contributed by atoms with Crippen molar-refractivity contribution < 1.29 is 27.2 Å². The van der Waals surface area contributed by atoms with E-state index in [1.165, 1.54) is 6.07 Å². The quantitative estimate of drug-likeness (QED) is 0.315. The Balaban J connectivity index is 1.59. The molecule has 2 aromatic carbocycles. The monoisotopic (exact) mass is 434 g/mol. The fraction of sp³-hybridized carbons (Fsp3) is 0.211. The van der Waals surface area contributed by atoms with Crippen LogP contribution in [0.15, 0.2) is 40.8 Å². The molecule has 2 heterocycles. The predicted octanol–water partition coefficient (Wildman–Crippen LogP) is 3.10. The van der Waals surface area contributed by atoms with Crippen LogP contribution in [0.4, 0.5) is 25.1 Å². The van der Waals surface area contributed by atoms with E-state index in [0.29, 0.717) is 22.5 Å². The second-order valence-corrected chi connectivity index (χ2v) is 6.59. The van der Waals surface area contributed by atoms with Gasteiger partial charge in [0.05, 0.1) is 23.2 Å². The Bertz CT molecular complexity index is 1260. The smallest absolute Gasteiger partial charge is 0.416 e. The van der Waals surface area contributed by atoms with E-state index in [1.54, 1.807) is 29.8 Å². The summed E-state index contributed by atoms with van der Waals surface area (Å²) in [5.74, 6) is -0.121. The number of nitrogens with one attached hydrogen (secondary N) is 2. The molecule has 2 aromatic heterocycles. The Morgan fingerprint density at radius 1 is 1.19 bits per heavy atom. The molecule has 0 aliphatic carbocycles. The SMILES string of the molecule is Cn1c(Nc2nc3ccc(C(F)(F)F)cc3o2)nc2cc(C(=O)NOCCN)ccc21. The molecule has 0 bridgehead atoms. The van der Waals surface area contributed by atoms with E-state index >= 15 is 0 Å². The number of fused-ring (bicyclic) bond motifs is 2. The lowest BCUT2D eigenvalue weighted by atomic mass is 10.2. The number of aryl methyl sites for hydroxylation is 1. The molecular formula is C19H17F3N6O3. The Labute approximate surface area is 172 Å². The number of hydrogen-bond donors (Lipinski definition) is 3. The van der Waals surface area contributed by atoms with Crippen molar-refractivity contribution in [1.29, 1.82) is 0 Å². The number of hydroxylamine groups is 1. The second kappa shape index (κ2) is 7.89. The third-order valence-electron chi connectivity index (χ3n) is 4.46. The van der Waals surface area contributed by atoms with Crippen LogP contribution >= 0.6 is 0 Å². The lowest BCUT2D eigenvalue weighted by molar-refractivity contribution is -0.137. The van der Waals surface area contributed by atoms with Gasteiger partial charge in [-0.1, -0.05) is 0 Å². The molecule has 4 rings (SSSR count). The zero-order chi connectivity index (χ0) is 22.2. The van der Waals surface area contributed by atoms with E-state index in [4.69, 9.17) is 15.0 Å². The molecule has 0 radical (unpaired) electrons.